The number of carbonyl (C=O) groups is 2. The zero-order valence-corrected chi connectivity index (χ0v) is 16.2. The maximum atomic E-state index is 13.3. The number of ether oxygens (including phenoxy) is 1. The minimum absolute atomic E-state index is 0.000151. The minimum atomic E-state index is -0.254. The first-order chi connectivity index (χ1) is 13.6. The van der Waals surface area contributed by atoms with Crippen LogP contribution in [0.2, 0.25) is 0 Å². The third-order valence-corrected chi connectivity index (χ3v) is 4.98. The molecule has 0 radical (unpaired) electrons. The van der Waals surface area contributed by atoms with Crippen molar-refractivity contribution in [3.8, 4) is 5.75 Å². The molecule has 2 amide bonds. The molecule has 1 aliphatic rings. The molecule has 0 bridgehead atoms. The Balaban J connectivity index is 1.79. The van der Waals surface area contributed by atoms with Crippen molar-refractivity contribution >= 4 is 11.8 Å². The topological polar surface area (TPSA) is 58.6 Å². The van der Waals surface area contributed by atoms with E-state index in [0.717, 1.165) is 36.3 Å². The summed E-state index contributed by atoms with van der Waals surface area (Å²) in [5.41, 5.74) is 2.55. The van der Waals surface area contributed by atoms with Crippen LogP contribution in [0, 0.1) is 0 Å². The zero-order valence-electron chi connectivity index (χ0n) is 16.2. The highest BCUT2D eigenvalue weighted by atomic mass is 16.5. The highest BCUT2D eigenvalue weighted by Gasteiger charge is 2.31. The van der Waals surface area contributed by atoms with Gasteiger partial charge in [-0.05, 0) is 55.2 Å². The molecule has 1 aliphatic heterocycles. The van der Waals surface area contributed by atoms with Gasteiger partial charge in [0.2, 0.25) is 5.91 Å². The second-order valence-electron chi connectivity index (χ2n) is 6.74. The van der Waals surface area contributed by atoms with Crippen molar-refractivity contribution in [1.82, 2.24) is 10.2 Å². The number of amides is 2. The molecule has 2 aromatic rings. The quantitative estimate of drug-likeness (QED) is 0.744. The number of benzene rings is 2. The van der Waals surface area contributed by atoms with E-state index in [-0.39, 0.29) is 17.9 Å². The van der Waals surface area contributed by atoms with Crippen LogP contribution in [0.4, 0.5) is 0 Å². The van der Waals surface area contributed by atoms with Crippen LogP contribution in [0.5, 0.6) is 5.75 Å². The first-order valence-electron chi connectivity index (χ1n) is 9.66. The molecule has 0 aromatic heterocycles. The van der Waals surface area contributed by atoms with Gasteiger partial charge in [-0.2, -0.15) is 0 Å². The Morgan fingerprint density at radius 3 is 2.68 bits per heavy atom. The molecule has 1 saturated heterocycles. The van der Waals surface area contributed by atoms with Crippen molar-refractivity contribution in [2.24, 2.45) is 0 Å². The average molecular weight is 378 g/mol. The number of nitrogens with zero attached hydrogens (tertiary/aromatic N) is 1. The van der Waals surface area contributed by atoms with E-state index in [9.17, 15) is 9.59 Å². The van der Waals surface area contributed by atoms with Gasteiger partial charge in [-0.25, -0.2) is 0 Å². The summed E-state index contributed by atoms with van der Waals surface area (Å²) in [4.78, 5) is 26.7. The Bertz CT molecular complexity index is 845. The largest absolute Gasteiger partial charge is 0.494 e. The van der Waals surface area contributed by atoms with Crippen LogP contribution in [-0.2, 0) is 11.3 Å². The monoisotopic (exact) mass is 378 g/mol. The fourth-order valence-corrected chi connectivity index (χ4v) is 3.60. The van der Waals surface area contributed by atoms with Gasteiger partial charge in [-0.3, -0.25) is 9.59 Å². The van der Waals surface area contributed by atoms with Gasteiger partial charge < -0.3 is 15.0 Å². The van der Waals surface area contributed by atoms with Gasteiger partial charge in [0.15, 0.2) is 0 Å². The lowest BCUT2D eigenvalue weighted by atomic mass is 10.0. The molecule has 146 valence electrons. The Hall–Kier alpha value is -3.08. The third kappa shape index (κ3) is 4.42. The number of hydrogen-bond acceptors (Lipinski definition) is 3. The summed E-state index contributed by atoms with van der Waals surface area (Å²) in [6, 6.07) is 15.5. The maximum Gasteiger partial charge on any atom is 0.254 e. The normalized spacial score (nSPS) is 15.9. The number of rotatable bonds is 7. The van der Waals surface area contributed by atoms with Gasteiger partial charge in [0, 0.05) is 18.7 Å². The van der Waals surface area contributed by atoms with Crippen LogP contribution < -0.4 is 10.1 Å². The first-order valence-corrected chi connectivity index (χ1v) is 9.66. The van der Waals surface area contributed by atoms with Gasteiger partial charge in [-0.1, -0.05) is 36.9 Å². The molecule has 1 atom stereocenters. The highest BCUT2D eigenvalue weighted by molar-refractivity contribution is 5.96. The molecule has 3 rings (SSSR count). The summed E-state index contributed by atoms with van der Waals surface area (Å²) in [7, 11) is 0. The van der Waals surface area contributed by atoms with Crippen LogP contribution >= 0.6 is 0 Å². The van der Waals surface area contributed by atoms with Crippen molar-refractivity contribution < 1.29 is 14.3 Å². The van der Waals surface area contributed by atoms with Crippen molar-refractivity contribution in [2.75, 3.05) is 13.2 Å². The Kier molecular flexibility index (Phi) is 6.48. The van der Waals surface area contributed by atoms with E-state index in [1.807, 2.05) is 60.4 Å². The third-order valence-electron chi connectivity index (χ3n) is 4.98. The van der Waals surface area contributed by atoms with Crippen LogP contribution in [0.1, 0.15) is 47.3 Å². The fraction of sp³-hybridized carbons (Fsp3) is 0.304. The summed E-state index contributed by atoms with van der Waals surface area (Å²) >= 11 is 0. The van der Waals surface area contributed by atoms with Crippen LogP contribution in [0.25, 0.3) is 0 Å². The molecule has 1 heterocycles. The molecule has 2 aromatic carbocycles. The molecule has 0 spiro atoms. The van der Waals surface area contributed by atoms with Crippen LogP contribution in [-0.4, -0.2) is 29.9 Å². The average Bonchev–Trinajstić information content (AvgIpc) is 3.22. The van der Waals surface area contributed by atoms with Gasteiger partial charge >= 0.3 is 0 Å². The summed E-state index contributed by atoms with van der Waals surface area (Å²) in [6.07, 6.45) is 3.14. The van der Waals surface area contributed by atoms with Crippen molar-refractivity contribution in [3.63, 3.8) is 0 Å². The summed E-state index contributed by atoms with van der Waals surface area (Å²) in [5.74, 6) is 0.584. The smallest absolute Gasteiger partial charge is 0.254 e. The standard InChI is InChI=1S/C23H26N2O3/c1-3-22(26)24-16-18-8-5-6-9-20(18)23(27)25-15-7-10-21(25)17-11-13-19(14-12-17)28-4-2/h3,5-6,8-9,11-14,21H,1,4,7,10,15-16H2,2H3,(H,24,26). The molecule has 1 N–H and O–H groups in total. The maximum absolute atomic E-state index is 13.3. The SMILES string of the molecule is C=CC(=O)NCc1ccccc1C(=O)N1CCCC1c1ccc(OCC)cc1. The minimum Gasteiger partial charge on any atom is -0.494 e. The fourth-order valence-electron chi connectivity index (χ4n) is 3.60. The Labute approximate surface area is 166 Å². The number of carbonyl (C=O) groups excluding carboxylic acids is 2. The van der Waals surface area contributed by atoms with E-state index in [0.29, 0.717) is 18.7 Å². The van der Waals surface area contributed by atoms with E-state index in [4.69, 9.17) is 4.74 Å². The van der Waals surface area contributed by atoms with E-state index < -0.39 is 0 Å². The second kappa shape index (κ2) is 9.22. The van der Waals surface area contributed by atoms with Crippen molar-refractivity contribution in [2.45, 2.75) is 32.4 Å². The van der Waals surface area contributed by atoms with Gasteiger partial charge in [-0.15, -0.1) is 0 Å². The number of likely N-dealkylation sites (tertiary alicyclic amines) is 1. The second-order valence-corrected chi connectivity index (χ2v) is 6.74. The molecular formula is C23H26N2O3. The van der Waals surface area contributed by atoms with Crippen molar-refractivity contribution in [3.05, 3.63) is 77.9 Å². The van der Waals surface area contributed by atoms with Crippen LogP contribution in [0.15, 0.2) is 61.2 Å². The summed E-state index contributed by atoms with van der Waals surface area (Å²) in [5, 5.41) is 2.75. The predicted molar refractivity (Wildman–Crippen MR) is 109 cm³/mol. The van der Waals surface area contributed by atoms with E-state index in [2.05, 4.69) is 11.9 Å². The lowest BCUT2D eigenvalue weighted by Crippen LogP contribution is -2.32. The molecule has 28 heavy (non-hydrogen) atoms. The first kappa shape index (κ1) is 19.7. The molecule has 5 heteroatoms. The summed E-state index contributed by atoms with van der Waals surface area (Å²) in [6.45, 7) is 7.07. The van der Waals surface area contributed by atoms with Gasteiger partial charge in [0.25, 0.3) is 5.91 Å². The Morgan fingerprint density at radius 2 is 1.96 bits per heavy atom. The highest BCUT2D eigenvalue weighted by Crippen LogP contribution is 2.34. The van der Waals surface area contributed by atoms with Crippen molar-refractivity contribution in [1.29, 1.82) is 0 Å². The molecule has 0 saturated carbocycles. The summed E-state index contributed by atoms with van der Waals surface area (Å²) < 4.78 is 5.52. The van der Waals surface area contributed by atoms with E-state index in [1.165, 1.54) is 6.08 Å². The van der Waals surface area contributed by atoms with Gasteiger partial charge in [0.1, 0.15) is 5.75 Å². The van der Waals surface area contributed by atoms with Crippen LogP contribution in [0.3, 0.4) is 0 Å². The molecule has 5 nitrogen and oxygen atoms in total. The van der Waals surface area contributed by atoms with E-state index >= 15 is 0 Å². The number of nitrogens with one attached hydrogen (secondary N) is 1. The molecular weight excluding hydrogens is 352 g/mol. The lowest BCUT2D eigenvalue weighted by molar-refractivity contribution is -0.116. The number of hydrogen-bond donors (Lipinski definition) is 1. The Morgan fingerprint density at radius 1 is 1.21 bits per heavy atom. The van der Waals surface area contributed by atoms with Gasteiger partial charge in [0.05, 0.1) is 12.6 Å². The van der Waals surface area contributed by atoms with E-state index in [1.54, 1.807) is 0 Å². The zero-order chi connectivity index (χ0) is 19.9. The predicted octanol–water partition coefficient (Wildman–Crippen LogP) is 3.86. The lowest BCUT2D eigenvalue weighted by Gasteiger charge is -2.26. The molecule has 1 fully saturated rings. The molecule has 1 unspecified atom stereocenters. The molecule has 0 aliphatic carbocycles.